The molecule has 2 aromatic heterocycles. The summed E-state index contributed by atoms with van der Waals surface area (Å²) in [6, 6.07) is 3.72. The van der Waals surface area contributed by atoms with Crippen LogP contribution in [-0.2, 0) is 9.53 Å². The zero-order chi connectivity index (χ0) is 19.8. The number of likely N-dealkylation sites (N-methyl/N-ethyl adjacent to an activating group) is 1. The van der Waals surface area contributed by atoms with Crippen LogP contribution in [0.2, 0.25) is 0 Å². The SMILES string of the molecule is Cc1cccn2c(=O)c(/C=C3/SC(=S)N(C)C3=O)c(NC[C@@H]3CCCO3)nc12. The number of rotatable bonds is 4. The van der Waals surface area contributed by atoms with Gasteiger partial charge in [-0.15, -0.1) is 0 Å². The van der Waals surface area contributed by atoms with Crippen molar-refractivity contribution in [1.29, 1.82) is 0 Å². The molecule has 1 atom stereocenters. The number of hydrogen-bond donors (Lipinski definition) is 1. The summed E-state index contributed by atoms with van der Waals surface area (Å²) in [5, 5.41) is 3.27. The third kappa shape index (κ3) is 3.45. The lowest BCUT2D eigenvalue weighted by atomic mass is 10.2. The van der Waals surface area contributed by atoms with Gasteiger partial charge in [0.1, 0.15) is 15.8 Å². The first-order valence-corrected chi connectivity index (χ1v) is 10.3. The molecule has 1 amide bonds. The number of nitrogens with zero attached hydrogens (tertiary/aromatic N) is 3. The fourth-order valence-electron chi connectivity index (χ4n) is 3.27. The van der Waals surface area contributed by atoms with Crippen LogP contribution in [-0.4, -0.2) is 50.8 Å². The van der Waals surface area contributed by atoms with Crippen LogP contribution in [0, 0.1) is 6.92 Å². The maximum Gasteiger partial charge on any atom is 0.267 e. The number of thiocarbonyl (C=S) groups is 1. The molecule has 2 aliphatic heterocycles. The van der Waals surface area contributed by atoms with Gasteiger partial charge in [0.25, 0.3) is 11.5 Å². The quantitative estimate of drug-likeness (QED) is 0.606. The molecule has 4 rings (SSSR count). The Labute approximate surface area is 171 Å². The Morgan fingerprint density at radius 1 is 1.46 bits per heavy atom. The molecule has 146 valence electrons. The van der Waals surface area contributed by atoms with Crippen LogP contribution < -0.4 is 10.9 Å². The molecule has 0 bridgehead atoms. The molecule has 2 aromatic rings. The predicted molar refractivity (Wildman–Crippen MR) is 115 cm³/mol. The van der Waals surface area contributed by atoms with Crippen molar-refractivity contribution in [3.05, 3.63) is 44.7 Å². The number of pyridine rings is 1. The van der Waals surface area contributed by atoms with Crippen molar-refractivity contribution >= 4 is 51.7 Å². The predicted octanol–water partition coefficient (Wildman–Crippen LogP) is 2.42. The molecular formula is C19H20N4O3S2. The lowest BCUT2D eigenvalue weighted by Crippen LogP contribution is -2.25. The van der Waals surface area contributed by atoms with Gasteiger partial charge in [-0.1, -0.05) is 30.0 Å². The van der Waals surface area contributed by atoms with Crippen molar-refractivity contribution in [1.82, 2.24) is 14.3 Å². The van der Waals surface area contributed by atoms with Crippen molar-refractivity contribution < 1.29 is 9.53 Å². The fourth-order valence-corrected chi connectivity index (χ4v) is 4.43. The second kappa shape index (κ2) is 7.65. The monoisotopic (exact) mass is 416 g/mol. The van der Waals surface area contributed by atoms with Crippen LogP contribution in [0.15, 0.2) is 28.0 Å². The number of aromatic nitrogens is 2. The van der Waals surface area contributed by atoms with Gasteiger partial charge in [-0.2, -0.15) is 0 Å². The molecule has 0 radical (unpaired) electrons. The van der Waals surface area contributed by atoms with Gasteiger partial charge >= 0.3 is 0 Å². The smallest absolute Gasteiger partial charge is 0.267 e. The molecule has 0 aromatic carbocycles. The highest BCUT2D eigenvalue weighted by Crippen LogP contribution is 2.32. The van der Waals surface area contributed by atoms with Gasteiger partial charge in [-0.3, -0.25) is 18.9 Å². The Morgan fingerprint density at radius 2 is 2.29 bits per heavy atom. The number of carbonyl (C=O) groups excluding carboxylic acids is 1. The van der Waals surface area contributed by atoms with E-state index < -0.39 is 0 Å². The van der Waals surface area contributed by atoms with Gasteiger partial charge in [0.15, 0.2) is 0 Å². The van der Waals surface area contributed by atoms with Crippen LogP contribution in [0.3, 0.4) is 0 Å². The topological polar surface area (TPSA) is 75.9 Å². The Balaban J connectivity index is 1.81. The van der Waals surface area contributed by atoms with Crippen molar-refractivity contribution in [2.45, 2.75) is 25.9 Å². The zero-order valence-corrected chi connectivity index (χ0v) is 17.2. The second-order valence-corrected chi connectivity index (χ2v) is 8.50. The van der Waals surface area contributed by atoms with Gasteiger partial charge in [0.2, 0.25) is 0 Å². The summed E-state index contributed by atoms with van der Waals surface area (Å²) in [6.45, 7) is 3.22. The third-order valence-electron chi connectivity index (χ3n) is 4.87. The summed E-state index contributed by atoms with van der Waals surface area (Å²) in [7, 11) is 1.63. The molecule has 4 heterocycles. The number of ether oxygens (including phenoxy) is 1. The highest BCUT2D eigenvalue weighted by Gasteiger charge is 2.29. The van der Waals surface area contributed by atoms with E-state index in [1.54, 1.807) is 25.4 Å². The number of carbonyl (C=O) groups is 1. The molecule has 0 spiro atoms. The number of hydrogen-bond acceptors (Lipinski definition) is 7. The van der Waals surface area contributed by atoms with Crippen LogP contribution in [0.4, 0.5) is 5.82 Å². The highest BCUT2D eigenvalue weighted by atomic mass is 32.2. The van der Waals surface area contributed by atoms with Gasteiger partial charge in [-0.05, 0) is 37.5 Å². The summed E-state index contributed by atoms with van der Waals surface area (Å²) < 4.78 is 7.64. The number of amides is 1. The minimum Gasteiger partial charge on any atom is -0.376 e. The second-order valence-electron chi connectivity index (χ2n) is 6.82. The van der Waals surface area contributed by atoms with Gasteiger partial charge in [0, 0.05) is 26.4 Å². The maximum atomic E-state index is 13.2. The van der Waals surface area contributed by atoms with E-state index in [4.69, 9.17) is 17.0 Å². The summed E-state index contributed by atoms with van der Waals surface area (Å²) >= 11 is 6.38. The lowest BCUT2D eigenvalue weighted by molar-refractivity contribution is -0.121. The molecular weight excluding hydrogens is 396 g/mol. The molecule has 1 N–H and O–H groups in total. The first kappa shape index (κ1) is 19.1. The van der Waals surface area contributed by atoms with E-state index in [0.717, 1.165) is 25.0 Å². The molecule has 2 aliphatic rings. The number of nitrogens with one attached hydrogen (secondary N) is 1. The van der Waals surface area contributed by atoms with E-state index in [1.807, 2.05) is 13.0 Å². The van der Waals surface area contributed by atoms with Gasteiger partial charge < -0.3 is 10.1 Å². The Kier molecular flexibility index (Phi) is 5.22. The Bertz CT molecular complexity index is 1060. The molecule has 7 nitrogen and oxygen atoms in total. The van der Waals surface area contributed by atoms with E-state index in [0.29, 0.717) is 32.8 Å². The number of aryl methyl sites for hydroxylation is 1. The van der Waals surface area contributed by atoms with E-state index in [-0.39, 0.29) is 17.6 Å². The van der Waals surface area contributed by atoms with Crippen LogP contribution >= 0.6 is 24.0 Å². The largest absolute Gasteiger partial charge is 0.376 e. The first-order chi connectivity index (χ1) is 13.5. The van der Waals surface area contributed by atoms with Crippen molar-refractivity contribution in [3.8, 4) is 0 Å². The minimum absolute atomic E-state index is 0.0961. The third-order valence-corrected chi connectivity index (χ3v) is 6.35. The normalized spacial score (nSPS) is 21.3. The highest BCUT2D eigenvalue weighted by molar-refractivity contribution is 8.26. The number of fused-ring (bicyclic) bond motifs is 1. The lowest BCUT2D eigenvalue weighted by Gasteiger charge is -2.15. The van der Waals surface area contributed by atoms with Crippen molar-refractivity contribution in [2.75, 3.05) is 25.5 Å². The number of anilines is 1. The van der Waals surface area contributed by atoms with Gasteiger partial charge in [-0.25, -0.2) is 4.98 Å². The van der Waals surface area contributed by atoms with E-state index in [9.17, 15) is 9.59 Å². The summed E-state index contributed by atoms with van der Waals surface area (Å²) in [4.78, 5) is 32.1. The van der Waals surface area contributed by atoms with Crippen molar-refractivity contribution in [2.24, 2.45) is 0 Å². The average molecular weight is 417 g/mol. The molecule has 2 fully saturated rings. The van der Waals surface area contributed by atoms with E-state index in [1.165, 1.54) is 21.1 Å². The minimum atomic E-state index is -0.232. The summed E-state index contributed by atoms with van der Waals surface area (Å²) in [6.07, 6.45) is 5.38. The molecule has 0 aliphatic carbocycles. The molecule has 28 heavy (non-hydrogen) atoms. The summed E-state index contributed by atoms with van der Waals surface area (Å²) in [5.74, 6) is 0.241. The first-order valence-electron chi connectivity index (χ1n) is 9.04. The van der Waals surface area contributed by atoms with Crippen molar-refractivity contribution in [3.63, 3.8) is 0 Å². The van der Waals surface area contributed by atoms with Crippen LogP contribution in [0.5, 0.6) is 0 Å². The molecule has 0 unspecified atom stereocenters. The maximum absolute atomic E-state index is 13.2. The number of thioether (sulfide) groups is 1. The van der Waals surface area contributed by atoms with Gasteiger partial charge in [0.05, 0.1) is 16.6 Å². The van der Waals surface area contributed by atoms with E-state index in [2.05, 4.69) is 10.3 Å². The molecule has 0 saturated carbocycles. The Morgan fingerprint density at radius 3 is 2.96 bits per heavy atom. The van der Waals surface area contributed by atoms with Crippen LogP contribution in [0.25, 0.3) is 11.7 Å². The zero-order valence-electron chi connectivity index (χ0n) is 15.6. The van der Waals surface area contributed by atoms with E-state index >= 15 is 0 Å². The fraction of sp³-hybridized carbons (Fsp3) is 0.368. The Hall–Kier alpha value is -2.23. The van der Waals surface area contributed by atoms with Crippen LogP contribution in [0.1, 0.15) is 24.0 Å². The molecule has 2 saturated heterocycles. The average Bonchev–Trinajstić information content (AvgIpc) is 3.28. The summed E-state index contributed by atoms with van der Waals surface area (Å²) in [5.41, 5.74) is 1.59. The standard InChI is InChI=1S/C19H20N4O3S2/c1-11-5-3-7-23-16(11)21-15(20-10-12-6-4-8-26-12)13(17(23)24)9-14-18(25)22(2)19(27)28-14/h3,5,7,9,12,20H,4,6,8,10H2,1-2H3/b14-9+/t12-/m0/s1. The molecule has 9 heteroatoms.